The molecule has 0 fully saturated rings. The summed E-state index contributed by atoms with van der Waals surface area (Å²) in [6.07, 6.45) is 0. The van der Waals surface area contributed by atoms with E-state index in [2.05, 4.69) is 0 Å². The van der Waals surface area contributed by atoms with E-state index in [0.717, 1.165) is 0 Å². The van der Waals surface area contributed by atoms with E-state index in [9.17, 15) is 16.8 Å². The first-order valence-corrected chi connectivity index (χ1v) is 8.29. The molecule has 0 heterocycles. The predicted molar refractivity (Wildman–Crippen MR) is 34.6 cm³/mol. The van der Waals surface area contributed by atoms with E-state index in [0.29, 0.717) is 0 Å². The van der Waals surface area contributed by atoms with Crippen molar-refractivity contribution in [2.24, 2.45) is 0 Å². The largest absolute Gasteiger partial charge is 0 e. The van der Waals surface area contributed by atoms with E-state index in [4.69, 9.17) is 9.11 Å². The molecule has 2 N–H and O–H groups in total. The van der Waals surface area contributed by atoms with Crippen LogP contribution in [-0.4, -0.2) is 61.7 Å². The summed E-state index contributed by atoms with van der Waals surface area (Å²) in [5.74, 6) is 0. The molecular weight excluding hydrogens is 263 g/mol. The standard InChI is InChI=1S/Mg.H2O6S2Se/c;1-7(2,3)9-8(4,5)6/h;(H,1,2,3)(H,4,5,6). The summed E-state index contributed by atoms with van der Waals surface area (Å²) < 4.78 is 54.4. The number of hydrogen-bond acceptors (Lipinski definition) is 4. The molecule has 0 rings (SSSR count). The van der Waals surface area contributed by atoms with Gasteiger partial charge in [0.2, 0.25) is 0 Å². The molecular formula is H2MgO6S2Se. The Hall–Kier alpha value is 1.11. The molecule has 10 heteroatoms. The fourth-order valence-electron chi connectivity index (χ4n) is 0.109. The molecule has 58 valence electrons. The van der Waals surface area contributed by atoms with Gasteiger partial charge in [-0.3, -0.25) is 0 Å². The SMILES string of the molecule is O=S(=O)(O)[Se]S(=O)(=O)O.[Mg]. The van der Waals surface area contributed by atoms with Crippen LogP contribution in [-0.2, 0) is 17.1 Å². The van der Waals surface area contributed by atoms with Crippen molar-refractivity contribution in [1.82, 2.24) is 0 Å². The van der Waals surface area contributed by atoms with Gasteiger partial charge in [-0.15, -0.1) is 0 Å². The van der Waals surface area contributed by atoms with Crippen LogP contribution in [0.5, 0.6) is 0 Å². The van der Waals surface area contributed by atoms with Crippen molar-refractivity contribution in [2.45, 2.75) is 0 Å². The Morgan fingerprint density at radius 1 is 0.900 bits per heavy atom. The van der Waals surface area contributed by atoms with Crippen molar-refractivity contribution in [1.29, 1.82) is 0 Å². The Kier molecular flexibility index (Phi) is 5.76. The van der Waals surface area contributed by atoms with E-state index in [1.165, 1.54) is 0 Å². The molecule has 0 aliphatic rings. The van der Waals surface area contributed by atoms with Crippen molar-refractivity contribution in [3.8, 4) is 0 Å². The first-order chi connectivity index (χ1) is 3.71. The summed E-state index contributed by atoms with van der Waals surface area (Å²) in [5.41, 5.74) is 0. The van der Waals surface area contributed by atoms with Gasteiger partial charge in [-0.05, 0) is 0 Å². The van der Waals surface area contributed by atoms with Crippen molar-refractivity contribution in [3.63, 3.8) is 0 Å². The van der Waals surface area contributed by atoms with Crippen LogP contribution in [0.3, 0.4) is 0 Å². The number of rotatable bonds is 2. The topological polar surface area (TPSA) is 109 Å². The summed E-state index contributed by atoms with van der Waals surface area (Å²) in [4.78, 5) is 0. The third-order valence-electron chi connectivity index (χ3n) is 0.172. The molecule has 0 saturated heterocycles. The minimum atomic E-state index is -4.56. The normalized spacial score (nSPS) is 12.2. The molecule has 0 atom stereocenters. The average molecular weight is 265 g/mol. The molecule has 0 aromatic heterocycles. The minimum absolute atomic E-state index is 0. The van der Waals surface area contributed by atoms with E-state index < -0.39 is 29.8 Å². The molecule has 0 aromatic rings. The van der Waals surface area contributed by atoms with Crippen molar-refractivity contribution in [2.75, 3.05) is 0 Å². The molecule has 0 aliphatic heterocycles. The van der Waals surface area contributed by atoms with E-state index in [1.807, 2.05) is 0 Å². The minimum Gasteiger partial charge on any atom is 0 e. The van der Waals surface area contributed by atoms with Crippen LogP contribution >= 0.6 is 0 Å². The summed E-state index contributed by atoms with van der Waals surface area (Å²) >= 11 is -2.19. The quantitative estimate of drug-likeness (QED) is 0.438. The Bertz CT molecular complexity index is 241. The average Bonchev–Trinajstić information content (AvgIpc) is 1.14. The van der Waals surface area contributed by atoms with Gasteiger partial charge in [0.15, 0.2) is 0 Å². The first-order valence-electron chi connectivity index (χ1n) is 1.37. The zero-order valence-electron chi connectivity index (χ0n) is 4.46. The first kappa shape index (κ1) is 13.7. The predicted octanol–water partition coefficient (Wildman–Crippen LogP) is -2.08. The summed E-state index contributed by atoms with van der Waals surface area (Å²) in [7, 11) is -9.11. The van der Waals surface area contributed by atoms with E-state index in [1.54, 1.807) is 0 Å². The van der Waals surface area contributed by atoms with Gasteiger partial charge in [-0.25, -0.2) is 0 Å². The fraction of sp³-hybridized carbons (Fsp3) is 0. The molecule has 0 amide bonds. The van der Waals surface area contributed by atoms with Gasteiger partial charge < -0.3 is 0 Å². The number of hydrogen-bond donors (Lipinski definition) is 2. The van der Waals surface area contributed by atoms with Crippen LogP contribution in [0.1, 0.15) is 0 Å². The van der Waals surface area contributed by atoms with Crippen molar-refractivity contribution < 1.29 is 25.9 Å². The maximum absolute atomic E-state index is 9.69. The smallest absolute Gasteiger partial charge is 0 e. The summed E-state index contributed by atoms with van der Waals surface area (Å²) in [6, 6.07) is 0. The van der Waals surface area contributed by atoms with Crippen LogP contribution in [0.25, 0.3) is 0 Å². The Morgan fingerprint density at radius 2 is 1.10 bits per heavy atom. The summed E-state index contributed by atoms with van der Waals surface area (Å²) in [6.45, 7) is 0. The second kappa shape index (κ2) is 4.21. The second-order valence-electron chi connectivity index (χ2n) is 0.924. The van der Waals surface area contributed by atoms with Crippen molar-refractivity contribution >= 4 is 52.8 Å². The van der Waals surface area contributed by atoms with Gasteiger partial charge in [0.25, 0.3) is 0 Å². The molecule has 0 bridgehead atoms. The van der Waals surface area contributed by atoms with E-state index >= 15 is 0 Å². The molecule has 0 saturated carbocycles. The third kappa shape index (κ3) is 11.8. The molecule has 10 heavy (non-hydrogen) atoms. The fourth-order valence-corrected chi connectivity index (χ4v) is 5.08. The van der Waals surface area contributed by atoms with Gasteiger partial charge in [-0.2, -0.15) is 0 Å². The third-order valence-corrected chi connectivity index (χ3v) is 8.04. The molecule has 6 nitrogen and oxygen atoms in total. The van der Waals surface area contributed by atoms with Gasteiger partial charge >= 0.3 is 55.7 Å². The van der Waals surface area contributed by atoms with E-state index in [-0.39, 0.29) is 23.1 Å². The molecule has 0 unspecified atom stereocenters. The zero-order chi connectivity index (χ0) is 7.71. The molecule has 2 radical (unpaired) electrons. The molecule has 0 aliphatic carbocycles. The molecule has 0 aromatic carbocycles. The van der Waals surface area contributed by atoms with Crippen LogP contribution in [0.2, 0.25) is 0 Å². The van der Waals surface area contributed by atoms with Gasteiger partial charge in [0.1, 0.15) is 0 Å². The monoisotopic (exact) mass is 266 g/mol. The van der Waals surface area contributed by atoms with Gasteiger partial charge in [-0.1, -0.05) is 0 Å². The molecule has 0 spiro atoms. The second-order valence-corrected chi connectivity index (χ2v) is 11.1. The van der Waals surface area contributed by atoms with Gasteiger partial charge in [0, 0.05) is 23.1 Å². The Morgan fingerprint density at radius 3 is 1.10 bits per heavy atom. The van der Waals surface area contributed by atoms with Crippen LogP contribution in [0, 0.1) is 0 Å². The van der Waals surface area contributed by atoms with Crippen LogP contribution < -0.4 is 0 Å². The van der Waals surface area contributed by atoms with Crippen LogP contribution in [0.15, 0.2) is 0 Å². The summed E-state index contributed by atoms with van der Waals surface area (Å²) in [5, 5.41) is 0. The zero-order valence-corrected chi connectivity index (χ0v) is 9.22. The van der Waals surface area contributed by atoms with Crippen LogP contribution in [0.4, 0.5) is 0 Å². The van der Waals surface area contributed by atoms with Gasteiger partial charge in [0.05, 0.1) is 0 Å². The Labute approximate surface area is 78.3 Å². The maximum Gasteiger partial charge on any atom is 0 e. The maximum atomic E-state index is 9.69. The van der Waals surface area contributed by atoms with Crippen molar-refractivity contribution in [3.05, 3.63) is 0 Å². The Balaban J connectivity index is 0.